The summed E-state index contributed by atoms with van der Waals surface area (Å²) in [6.07, 6.45) is 5.87. The molecule has 1 nitrogen and oxygen atoms in total. The van der Waals surface area contributed by atoms with Gasteiger partial charge >= 0.3 is 0 Å². The standard InChI is InChI=1S/C11H14.C10H9N/c1-9-5-4-7-10-6-2-3-8-11(9)10;1-8-4-2-5-9-6-3-7-11-10(8)9/h2-3,6,8-9H,4-5,7H2,1H3;2-7H,1H3. The van der Waals surface area contributed by atoms with Crippen molar-refractivity contribution in [3.8, 4) is 0 Å². The van der Waals surface area contributed by atoms with Crippen molar-refractivity contribution in [3.63, 3.8) is 0 Å². The molecule has 1 aliphatic rings. The molecule has 0 aliphatic heterocycles. The molecule has 4 rings (SSSR count). The number of hydrogen-bond acceptors (Lipinski definition) is 1. The van der Waals surface area contributed by atoms with E-state index in [1.807, 2.05) is 12.3 Å². The van der Waals surface area contributed by atoms with Crippen molar-refractivity contribution in [1.29, 1.82) is 0 Å². The van der Waals surface area contributed by atoms with Crippen LogP contribution in [0.3, 0.4) is 0 Å². The monoisotopic (exact) mass is 289 g/mol. The number of nitrogens with zero attached hydrogens (tertiary/aromatic N) is 1. The molecule has 0 spiro atoms. The molecule has 0 fully saturated rings. The van der Waals surface area contributed by atoms with Crippen LogP contribution >= 0.6 is 0 Å². The van der Waals surface area contributed by atoms with E-state index < -0.39 is 0 Å². The average Bonchev–Trinajstić information content (AvgIpc) is 2.57. The quantitative estimate of drug-likeness (QED) is 0.519. The Bertz CT molecular complexity index is 755. The number of benzene rings is 2. The number of hydrogen-bond donors (Lipinski definition) is 0. The summed E-state index contributed by atoms with van der Waals surface area (Å²) in [7, 11) is 0. The molecule has 0 saturated carbocycles. The summed E-state index contributed by atoms with van der Waals surface area (Å²) in [4.78, 5) is 4.28. The summed E-state index contributed by atoms with van der Waals surface area (Å²) in [6.45, 7) is 4.41. The highest BCUT2D eigenvalue weighted by Gasteiger charge is 2.14. The number of para-hydroxylation sites is 1. The fraction of sp³-hybridized carbons (Fsp3) is 0.286. The SMILES string of the molecule is CC1CCCc2ccccc21.Cc1cccc2cccnc12. The summed E-state index contributed by atoms with van der Waals surface area (Å²) in [5, 5.41) is 1.22. The van der Waals surface area contributed by atoms with Gasteiger partial charge < -0.3 is 0 Å². The van der Waals surface area contributed by atoms with Crippen LogP contribution in [-0.4, -0.2) is 4.98 Å². The summed E-state index contributed by atoms with van der Waals surface area (Å²) < 4.78 is 0. The summed E-state index contributed by atoms with van der Waals surface area (Å²) in [6, 6.07) is 19.1. The third-order valence-electron chi connectivity index (χ3n) is 4.50. The lowest BCUT2D eigenvalue weighted by Gasteiger charge is -2.21. The van der Waals surface area contributed by atoms with E-state index in [1.54, 1.807) is 11.1 Å². The molecule has 2 aromatic carbocycles. The molecular formula is C21H23N. The maximum atomic E-state index is 4.28. The highest BCUT2D eigenvalue weighted by molar-refractivity contribution is 5.81. The van der Waals surface area contributed by atoms with Gasteiger partial charge in [0.05, 0.1) is 5.52 Å². The van der Waals surface area contributed by atoms with Crippen molar-refractivity contribution in [2.75, 3.05) is 0 Å². The van der Waals surface area contributed by atoms with Crippen LogP contribution in [0.15, 0.2) is 60.8 Å². The molecule has 1 unspecified atom stereocenters. The Morgan fingerprint density at radius 2 is 1.77 bits per heavy atom. The minimum Gasteiger partial charge on any atom is -0.256 e. The van der Waals surface area contributed by atoms with E-state index in [4.69, 9.17) is 0 Å². The van der Waals surface area contributed by atoms with Crippen LogP contribution < -0.4 is 0 Å². The van der Waals surface area contributed by atoms with Gasteiger partial charge in [-0.25, -0.2) is 0 Å². The van der Waals surface area contributed by atoms with Crippen LogP contribution in [0.5, 0.6) is 0 Å². The number of rotatable bonds is 0. The second-order valence-electron chi connectivity index (χ2n) is 6.14. The molecule has 0 N–H and O–H groups in total. The van der Waals surface area contributed by atoms with Crippen LogP contribution in [0, 0.1) is 6.92 Å². The molecule has 1 aromatic heterocycles. The smallest absolute Gasteiger partial charge is 0.0731 e. The average molecular weight is 289 g/mol. The Hall–Kier alpha value is -2.15. The Labute approximate surface area is 133 Å². The third kappa shape index (κ3) is 3.19. The van der Waals surface area contributed by atoms with Crippen molar-refractivity contribution in [2.45, 2.75) is 39.0 Å². The molecule has 1 atom stereocenters. The van der Waals surface area contributed by atoms with E-state index in [1.165, 1.54) is 30.2 Å². The van der Waals surface area contributed by atoms with E-state index in [9.17, 15) is 0 Å². The summed E-state index contributed by atoms with van der Waals surface area (Å²) in [5.41, 5.74) is 5.50. The third-order valence-corrected chi connectivity index (χ3v) is 4.50. The first-order valence-corrected chi connectivity index (χ1v) is 8.14. The molecule has 0 amide bonds. The van der Waals surface area contributed by atoms with Gasteiger partial charge in [-0.1, -0.05) is 55.5 Å². The molecule has 1 heterocycles. The van der Waals surface area contributed by atoms with Crippen molar-refractivity contribution in [3.05, 3.63) is 77.5 Å². The maximum absolute atomic E-state index is 4.28. The fourth-order valence-corrected chi connectivity index (χ4v) is 3.25. The molecule has 1 heteroatoms. The number of aromatic nitrogens is 1. The van der Waals surface area contributed by atoms with Crippen molar-refractivity contribution >= 4 is 10.9 Å². The first kappa shape index (κ1) is 14.8. The first-order chi connectivity index (χ1) is 10.8. The Balaban J connectivity index is 0.000000131. The highest BCUT2D eigenvalue weighted by Crippen LogP contribution is 2.30. The number of aryl methyl sites for hydroxylation is 2. The Morgan fingerprint density at radius 3 is 2.59 bits per heavy atom. The van der Waals surface area contributed by atoms with Crippen LogP contribution in [-0.2, 0) is 6.42 Å². The van der Waals surface area contributed by atoms with E-state index in [0.29, 0.717) is 0 Å². The van der Waals surface area contributed by atoms with Gasteiger partial charge in [-0.3, -0.25) is 4.98 Å². The summed E-state index contributed by atoms with van der Waals surface area (Å²) >= 11 is 0. The molecular weight excluding hydrogens is 266 g/mol. The largest absolute Gasteiger partial charge is 0.256 e. The second kappa shape index (κ2) is 6.74. The van der Waals surface area contributed by atoms with Gasteiger partial charge in [-0.2, -0.15) is 0 Å². The highest BCUT2D eigenvalue weighted by atomic mass is 14.6. The van der Waals surface area contributed by atoms with E-state index in [0.717, 1.165) is 11.4 Å². The normalized spacial score (nSPS) is 16.5. The minimum atomic E-state index is 0.792. The first-order valence-electron chi connectivity index (χ1n) is 8.14. The zero-order valence-electron chi connectivity index (χ0n) is 13.4. The second-order valence-corrected chi connectivity index (χ2v) is 6.14. The Morgan fingerprint density at radius 1 is 0.955 bits per heavy atom. The van der Waals surface area contributed by atoms with E-state index in [2.05, 4.69) is 67.4 Å². The number of pyridine rings is 1. The van der Waals surface area contributed by atoms with E-state index in [-0.39, 0.29) is 0 Å². The van der Waals surface area contributed by atoms with Crippen molar-refractivity contribution in [1.82, 2.24) is 4.98 Å². The zero-order chi connectivity index (χ0) is 15.4. The molecule has 0 saturated heterocycles. The maximum Gasteiger partial charge on any atom is 0.0731 e. The van der Waals surface area contributed by atoms with Gasteiger partial charge in [0.25, 0.3) is 0 Å². The van der Waals surface area contributed by atoms with Crippen LogP contribution in [0.4, 0.5) is 0 Å². The van der Waals surface area contributed by atoms with Crippen LogP contribution in [0.2, 0.25) is 0 Å². The molecule has 0 bridgehead atoms. The fourth-order valence-electron chi connectivity index (χ4n) is 3.25. The minimum absolute atomic E-state index is 0.792. The predicted octanol–water partition coefficient (Wildman–Crippen LogP) is 5.67. The van der Waals surface area contributed by atoms with Crippen molar-refractivity contribution in [2.24, 2.45) is 0 Å². The van der Waals surface area contributed by atoms with Gasteiger partial charge in [0.1, 0.15) is 0 Å². The van der Waals surface area contributed by atoms with Gasteiger partial charge in [0.15, 0.2) is 0 Å². The predicted molar refractivity (Wildman–Crippen MR) is 94.3 cm³/mol. The topological polar surface area (TPSA) is 12.9 Å². The molecule has 112 valence electrons. The molecule has 1 aliphatic carbocycles. The van der Waals surface area contributed by atoms with Crippen LogP contribution in [0.25, 0.3) is 10.9 Å². The summed E-state index contributed by atoms with van der Waals surface area (Å²) in [5.74, 6) is 0.792. The van der Waals surface area contributed by atoms with E-state index >= 15 is 0 Å². The zero-order valence-corrected chi connectivity index (χ0v) is 13.4. The van der Waals surface area contributed by atoms with Gasteiger partial charge in [0, 0.05) is 11.6 Å². The van der Waals surface area contributed by atoms with Gasteiger partial charge in [-0.05, 0) is 54.9 Å². The van der Waals surface area contributed by atoms with Crippen LogP contribution in [0.1, 0.15) is 42.4 Å². The van der Waals surface area contributed by atoms with Gasteiger partial charge in [-0.15, -0.1) is 0 Å². The van der Waals surface area contributed by atoms with Crippen molar-refractivity contribution < 1.29 is 0 Å². The molecule has 0 radical (unpaired) electrons. The molecule has 22 heavy (non-hydrogen) atoms. The Kier molecular flexibility index (Phi) is 4.53. The molecule has 3 aromatic rings. The lowest BCUT2D eigenvalue weighted by Crippen LogP contribution is -2.05. The van der Waals surface area contributed by atoms with Gasteiger partial charge in [0.2, 0.25) is 0 Å². The number of fused-ring (bicyclic) bond motifs is 2. The lowest BCUT2D eigenvalue weighted by atomic mass is 9.84. The lowest BCUT2D eigenvalue weighted by molar-refractivity contribution is 0.590.